The lowest BCUT2D eigenvalue weighted by molar-refractivity contribution is -0.130. The van der Waals surface area contributed by atoms with Gasteiger partial charge in [0.25, 0.3) is 0 Å². The van der Waals surface area contributed by atoms with Gasteiger partial charge in [0.2, 0.25) is 5.91 Å². The lowest BCUT2D eigenvalue weighted by atomic mass is 10.3. The van der Waals surface area contributed by atoms with Crippen LogP contribution in [0.5, 0.6) is 0 Å². The van der Waals surface area contributed by atoms with Gasteiger partial charge in [-0.25, -0.2) is 4.79 Å². The van der Waals surface area contributed by atoms with Crippen LogP contribution in [0.1, 0.15) is 13.8 Å². The molecule has 0 spiro atoms. The Morgan fingerprint density at radius 3 is 2.45 bits per heavy atom. The zero-order chi connectivity index (χ0) is 8.85. The van der Waals surface area contributed by atoms with Crippen molar-refractivity contribution >= 4 is 11.9 Å². The summed E-state index contributed by atoms with van der Waals surface area (Å²) in [6.07, 6.45) is 0. The monoisotopic (exact) mass is 155 g/mol. The molecular formula is C7H9NO3. The molecule has 0 radical (unpaired) electrons. The summed E-state index contributed by atoms with van der Waals surface area (Å²) in [5, 5.41) is 10.5. The molecule has 0 aliphatic rings. The zero-order valence-corrected chi connectivity index (χ0v) is 6.34. The highest BCUT2D eigenvalue weighted by Gasteiger charge is 1.97. The number of rotatable bonds is 1. The molecule has 1 atom stereocenters. The van der Waals surface area contributed by atoms with Gasteiger partial charge in [-0.3, -0.25) is 4.79 Å². The molecular weight excluding hydrogens is 146 g/mol. The number of carbonyl (C=O) groups excluding carboxylic acids is 1. The first-order valence-corrected chi connectivity index (χ1v) is 3.04. The minimum atomic E-state index is -1.19. The Morgan fingerprint density at radius 1 is 1.55 bits per heavy atom. The van der Waals surface area contributed by atoms with Crippen molar-refractivity contribution in [1.82, 2.24) is 5.32 Å². The van der Waals surface area contributed by atoms with Crippen LogP contribution >= 0.6 is 0 Å². The predicted molar refractivity (Wildman–Crippen MR) is 38.7 cm³/mol. The fraction of sp³-hybridized carbons (Fsp3) is 0.429. The van der Waals surface area contributed by atoms with Gasteiger partial charge in [0.05, 0.1) is 6.04 Å². The van der Waals surface area contributed by atoms with E-state index in [1.807, 2.05) is 5.92 Å². The van der Waals surface area contributed by atoms with Crippen molar-refractivity contribution < 1.29 is 14.7 Å². The van der Waals surface area contributed by atoms with Crippen molar-refractivity contribution in [3.63, 3.8) is 0 Å². The molecule has 0 aliphatic heterocycles. The summed E-state index contributed by atoms with van der Waals surface area (Å²) in [7, 11) is 0. The second-order valence-electron chi connectivity index (χ2n) is 2.00. The van der Waals surface area contributed by atoms with Crippen molar-refractivity contribution in [2.45, 2.75) is 19.9 Å². The third kappa shape index (κ3) is 6.38. The first kappa shape index (κ1) is 9.50. The highest BCUT2D eigenvalue weighted by molar-refractivity contribution is 5.86. The molecule has 0 rings (SSSR count). The molecule has 0 aromatic carbocycles. The molecule has 0 saturated carbocycles. The Bertz CT molecular complexity index is 224. The summed E-state index contributed by atoms with van der Waals surface area (Å²) in [5.74, 6) is 2.82. The van der Waals surface area contributed by atoms with E-state index in [0.29, 0.717) is 0 Å². The van der Waals surface area contributed by atoms with Crippen LogP contribution in [0.4, 0.5) is 0 Å². The fourth-order valence-electron chi connectivity index (χ4n) is 0.511. The van der Waals surface area contributed by atoms with Crippen LogP contribution < -0.4 is 5.32 Å². The normalized spacial score (nSPS) is 10.7. The van der Waals surface area contributed by atoms with E-state index in [1.165, 1.54) is 6.92 Å². The van der Waals surface area contributed by atoms with Gasteiger partial charge >= 0.3 is 5.97 Å². The number of nitrogens with one attached hydrogen (secondary N) is 1. The van der Waals surface area contributed by atoms with E-state index in [2.05, 4.69) is 11.2 Å². The van der Waals surface area contributed by atoms with Crippen molar-refractivity contribution in [3.05, 3.63) is 0 Å². The molecule has 2 N–H and O–H groups in total. The number of amides is 1. The van der Waals surface area contributed by atoms with Crippen molar-refractivity contribution in [2.75, 3.05) is 0 Å². The van der Waals surface area contributed by atoms with Gasteiger partial charge < -0.3 is 10.4 Å². The van der Waals surface area contributed by atoms with Crippen molar-refractivity contribution in [1.29, 1.82) is 0 Å². The molecule has 11 heavy (non-hydrogen) atoms. The van der Waals surface area contributed by atoms with Gasteiger partial charge in [0.15, 0.2) is 0 Å². The maximum Gasteiger partial charge on any atom is 0.381 e. The Morgan fingerprint density at radius 2 is 2.09 bits per heavy atom. The van der Waals surface area contributed by atoms with Crippen LogP contribution in [0.2, 0.25) is 0 Å². The Kier molecular flexibility index (Phi) is 3.75. The molecule has 4 heteroatoms. The van der Waals surface area contributed by atoms with E-state index in [4.69, 9.17) is 5.11 Å². The predicted octanol–water partition coefficient (Wildman–Crippen LogP) is -0.401. The Labute approximate surface area is 64.6 Å². The van der Waals surface area contributed by atoms with Gasteiger partial charge in [0.1, 0.15) is 0 Å². The molecule has 0 aliphatic carbocycles. The maximum absolute atomic E-state index is 10.4. The molecule has 1 unspecified atom stereocenters. The molecule has 1 amide bonds. The maximum atomic E-state index is 10.4. The average molecular weight is 155 g/mol. The number of aliphatic carboxylic acids is 1. The number of carboxylic acid groups (broad SMARTS) is 1. The van der Waals surface area contributed by atoms with Crippen LogP contribution in [-0.4, -0.2) is 23.0 Å². The number of hydrogen-bond acceptors (Lipinski definition) is 2. The van der Waals surface area contributed by atoms with E-state index in [1.54, 1.807) is 6.92 Å². The highest BCUT2D eigenvalue weighted by atomic mass is 16.4. The standard InChI is InChI=1S/C7H9NO3/c1-5(8-6(2)9)3-4-7(10)11/h5H,1-2H3,(H,8,9)(H,10,11). The van der Waals surface area contributed by atoms with E-state index >= 15 is 0 Å². The molecule has 0 fully saturated rings. The van der Waals surface area contributed by atoms with E-state index in [9.17, 15) is 9.59 Å². The summed E-state index contributed by atoms with van der Waals surface area (Å²) in [4.78, 5) is 20.3. The van der Waals surface area contributed by atoms with E-state index in [-0.39, 0.29) is 5.91 Å². The molecule has 4 nitrogen and oxygen atoms in total. The SMILES string of the molecule is CC(=O)NC(C)C#CC(=O)O. The van der Waals surface area contributed by atoms with Gasteiger partial charge in [-0.2, -0.15) is 0 Å². The first-order chi connectivity index (χ1) is 5.02. The summed E-state index contributed by atoms with van der Waals surface area (Å²) < 4.78 is 0. The molecule has 0 aromatic rings. The summed E-state index contributed by atoms with van der Waals surface area (Å²) in [6, 6.07) is -0.413. The number of carbonyl (C=O) groups is 2. The van der Waals surface area contributed by atoms with E-state index < -0.39 is 12.0 Å². The van der Waals surface area contributed by atoms with Crippen LogP contribution in [0.15, 0.2) is 0 Å². The average Bonchev–Trinajstić information content (AvgIpc) is 1.82. The Balaban J connectivity index is 3.89. The van der Waals surface area contributed by atoms with Gasteiger partial charge in [-0.05, 0) is 6.92 Å². The van der Waals surface area contributed by atoms with Crippen LogP contribution in [0, 0.1) is 11.8 Å². The van der Waals surface area contributed by atoms with Gasteiger partial charge in [0, 0.05) is 12.8 Å². The number of carboxylic acids is 1. The quantitative estimate of drug-likeness (QED) is 0.506. The summed E-state index contributed by atoms with van der Waals surface area (Å²) in [5.41, 5.74) is 0. The second-order valence-corrected chi connectivity index (χ2v) is 2.00. The first-order valence-electron chi connectivity index (χ1n) is 3.04. The minimum absolute atomic E-state index is 0.225. The fourth-order valence-corrected chi connectivity index (χ4v) is 0.511. The lowest BCUT2D eigenvalue weighted by Gasteiger charge is -2.02. The van der Waals surface area contributed by atoms with Gasteiger partial charge in [-0.1, -0.05) is 5.92 Å². The second kappa shape index (κ2) is 4.34. The highest BCUT2D eigenvalue weighted by Crippen LogP contribution is 1.76. The number of hydrogen-bond donors (Lipinski definition) is 2. The molecule has 0 heterocycles. The largest absolute Gasteiger partial charge is 0.472 e. The third-order valence-electron chi connectivity index (χ3n) is 0.815. The summed E-state index contributed by atoms with van der Waals surface area (Å²) in [6.45, 7) is 2.95. The molecule has 0 aromatic heterocycles. The van der Waals surface area contributed by atoms with Crippen molar-refractivity contribution in [3.8, 4) is 11.8 Å². The van der Waals surface area contributed by atoms with E-state index in [0.717, 1.165) is 0 Å². The van der Waals surface area contributed by atoms with Crippen LogP contribution in [0.3, 0.4) is 0 Å². The molecule has 60 valence electrons. The lowest BCUT2D eigenvalue weighted by Crippen LogP contribution is -2.29. The summed E-state index contributed by atoms with van der Waals surface area (Å²) >= 11 is 0. The van der Waals surface area contributed by atoms with Gasteiger partial charge in [-0.15, -0.1) is 0 Å². The zero-order valence-electron chi connectivity index (χ0n) is 6.34. The topological polar surface area (TPSA) is 66.4 Å². The smallest absolute Gasteiger partial charge is 0.381 e. The Hall–Kier alpha value is -1.50. The molecule has 0 saturated heterocycles. The van der Waals surface area contributed by atoms with Crippen molar-refractivity contribution in [2.24, 2.45) is 0 Å². The van der Waals surface area contributed by atoms with Crippen LogP contribution in [-0.2, 0) is 9.59 Å². The molecule has 0 bridgehead atoms. The minimum Gasteiger partial charge on any atom is -0.472 e. The third-order valence-corrected chi connectivity index (χ3v) is 0.815. The van der Waals surface area contributed by atoms with Crippen LogP contribution in [0.25, 0.3) is 0 Å².